The molecule has 0 aromatic rings. The number of likely N-dealkylation sites (tertiary alicyclic amines) is 2. The molecule has 0 radical (unpaired) electrons. The summed E-state index contributed by atoms with van der Waals surface area (Å²) in [6.45, 7) is 9.46. The molecular weight excluding hydrogens is 252 g/mol. The summed E-state index contributed by atoms with van der Waals surface area (Å²) in [5, 5.41) is 10.3. The number of ether oxygens (including phenoxy) is 1. The third kappa shape index (κ3) is 5.32. The Labute approximate surface area is 124 Å². The first-order valence-corrected chi connectivity index (χ1v) is 8.29. The summed E-state index contributed by atoms with van der Waals surface area (Å²) in [5.74, 6) is 1.58. The van der Waals surface area contributed by atoms with Crippen LogP contribution in [-0.2, 0) is 4.74 Å². The van der Waals surface area contributed by atoms with Gasteiger partial charge in [-0.1, -0.05) is 6.92 Å². The van der Waals surface area contributed by atoms with Crippen LogP contribution in [0.15, 0.2) is 0 Å². The predicted molar refractivity (Wildman–Crippen MR) is 81.9 cm³/mol. The third-order valence-electron chi connectivity index (χ3n) is 4.92. The minimum Gasteiger partial charge on any atom is -0.390 e. The molecule has 2 saturated heterocycles. The Morgan fingerprint density at radius 3 is 2.00 bits per heavy atom. The van der Waals surface area contributed by atoms with E-state index in [0.29, 0.717) is 0 Å². The van der Waals surface area contributed by atoms with E-state index in [1.165, 1.54) is 25.7 Å². The van der Waals surface area contributed by atoms with Gasteiger partial charge in [0.15, 0.2) is 0 Å². The number of aliphatic hydroxyl groups excluding tert-OH is 1. The lowest BCUT2D eigenvalue weighted by Crippen LogP contribution is -2.45. The summed E-state index contributed by atoms with van der Waals surface area (Å²) in [5.41, 5.74) is 0. The zero-order valence-electron chi connectivity index (χ0n) is 13.3. The van der Waals surface area contributed by atoms with Crippen molar-refractivity contribution in [3.05, 3.63) is 0 Å². The van der Waals surface area contributed by atoms with Crippen LogP contribution in [0.3, 0.4) is 0 Å². The van der Waals surface area contributed by atoms with Crippen molar-refractivity contribution < 1.29 is 9.84 Å². The van der Waals surface area contributed by atoms with Crippen LogP contribution in [0.4, 0.5) is 0 Å². The fourth-order valence-corrected chi connectivity index (χ4v) is 3.47. The summed E-state index contributed by atoms with van der Waals surface area (Å²) < 4.78 is 5.23. The third-order valence-corrected chi connectivity index (χ3v) is 4.92. The molecule has 1 N–H and O–H groups in total. The van der Waals surface area contributed by atoms with E-state index >= 15 is 0 Å². The number of hydrogen-bond donors (Lipinski definition) is 1. The highest BCUT2D eigenvalue weighted by Crippen LogP contribution is 2.19. The smallest absolute Gasteiger partial charge is 0.0793 e. The van der Waals surface area contributed by atoms with E-state index in [4.69, 9.17) is 4.74 Å². The van der Waals surface area contributed by atoms with Crippen LogP contribution in [0.5, 0.6) is 0 Å². The van der Waals surface area contributed by atoms with E-state index in [0.717, 1.165) is 57.7 Å². The molecule has 4 nitrogen and oxygen atoms in total. The lowest BCUT2D eigenvalue weighted by molar-refractivity contribution is 0.0412. The molecule has 0 aliphatic carbocycles. The molecule has 20 heavy (non-hydrogen) atoms. The Morgan fingerprint density at radius 1 is 1.00 bits per heavy atom. The first-order chi connectivity index (χ1) is 9.67. The van der Waals surface area contributed by atoms with Gasteiger partial charge in [0, 0.05) is 26.8 Å². The number of hydrogen-bond acceptors (Lipinski definition) is 4. The average Bonchev–Trinajstić information content (AvgIpc) is 2.44. The lowest BCUT2D eigenvalue weighted by Gasteiger charge is -2.35. The molecule has 1 atom stereocenters. The molecule has 0 aromatic carbocycles. The van der Waals surface area contributed by atoms with Gasteiger partial charge in [0.05, 0.1) is 6.10 Å². The zero-order valence-corrected chi connectivity index (χ0v) is 13.3. The Bertz CT molecular complexity index is 259. The molecule has 0 spiro atoms. The quantitative estimate of drug-likeness (QED) is 0.800. The van der Waals surface area contributed by atoms with Crippen molar-refractivity contribution in [2.45, 2.75) is 38.7 Å². The topological polar surface area (TPSA) is 35.9 Å². The Morgan fingerprint density at radius 2 is 1.50 bits per heavy atom. The van der Waals surface area contributed by atoms with Crippen LogP contribution in [0.25, 0.3) is 0 Å². The summed E-state index contributed by atoms with van der Waals surface area (Å²) in [7, 11) is 1.79. The van der Waals surface area contributed by atoms with Crippen molar-refractivity contribution in [2.24, 2.45) is 11.8 Å². The van der Waals surface area contributed by atoms with Gasteiger partial charge in [-0.15, -0.1) is 0 Å². The molecule has 2 aliphatic rings. The van der Waals surface area contributed by atoms with E-state index in [-0.39, 0.29) is 6.10 Å². The number of aliphatic hydroxyl groups is 1. The number of piperidine rings is 2. The van der Waals surface area contributed by atoms with Gasteiger partial charge in [-0.05, 0) is 63.7 Å². The Balaban J connectivity index is 1.61. The standard InChI is InChI=1S/C16H32N2O2/c1-14-3-7-17(8-4-14)11-16(19)12-18-9-5-15(6-10-18)13-20-2/h14-16,19H,3-13H2,1-2H3. The molecule has 2 fully saturated rings. The van der Waals surface area contributed by atoms with E-state index in [9.17, 15) is 5.11 Å². The Kier molecular flexibility index (Phi) is 6.75. The minimum atomic E-state index is -0.192. The number of methoxy groups -OCH3 is 1. The first-order valence-electron chi connectivity index (χ1n) is 8.29. The second-order valence-electron chi connectivity index (χ2n) is 6.84. The van der Waals surface area contributed by atoms with Gasteiger partial charge in [0.1, 0.15) is 0 Å². The number of nitrogens with zero attached hydrogens (tertiary/aromatic N) is 2. The predicted octanol–water partition coefficient (Wildman–Crippen LogP) is 1.44. The van der Waals surface area contributed by atoms with Crippen LogP contribution >= 0.6 is 0 Å². The van der Waals surface area contributed by atoms with Gasteiger partial charge in [0.2, 0.25) is 0 Å². The molecule has 4 heteroatoms. The molecule has 118 valence electrons. The number of rotatable bonds is 6. The number of β-amino-alcohol motifs (C(OH)–C–C–N with tert-alkyl or cyclic N) is 1. The maximum absolute atomic E-state index is 10.3. The summed E-state index contributed by atoms with van der Waals surface area (Å²) in [4.78, 5) is 4.85. The van der Waals surface area contributed by atoms with Crippen LogP contribution < -0.4 is 0 Å². The van der Waals surface area contributed by atoms with Crippen molar-refractivity contribution in [3.8, 4) is 0 Å². The molecule has 0 saturated carbocycles. The highest BCUT2D eigenvalue weighted by Gasteiger charge is 2.23. The zero-order chi connectivity index (χ0) is 14.4. The van der Waals surface area contributed by atoms with Gasteiger partial charge in [0.25, 0.3) is 0 Å². The van der Waals surface area contributed by atoms with Gasteiger partial charge in [-0.3, -0.25) is 0 Å². The van der Waals surface area contributed by atoms with Gasteiger partial charge in [-0.25, -0.2) is 0 Å². The summed E-state index contributed by atoms with van der Waals surface area (Å²) in [6.07, 6.45) is 4.80. The van der Waals surface area contributed by atoms with Crippen molar-refractivity contribution in [3.63, 3.8) is 0 Å². The summed E-state index contributed by atoms with van der Waals surface area (Å²) >= 11 is 0. The van der Waals surface area contributed by atoms with Crippen LogP contribution in [0, 0.1) is 11.8 Å². The van der Waals surface area contributed by atoms with E-state index < -0.39 is 0 Å². The van der Waals surface area contributed by atoms with Crippen molar-refractivity contribution in [2.75, 3.05) is 53.0 Å². The second kappa shape index (κ2) is 8.32. The average molecular weight is 284 g/mol. The van der Waals surface area contributed by atoms with Crippen LogP contribution in [0.2, 0.25) is 0 Å². The first kappa shape index (κ1) is 16.2. The Hall–Kier alpha value is -0.160. The highest BCUT2D eigenvalue weighted by molar-refractivity contribution is 4.77. The molecule has 2 heterocycles. The molecule has 0 bridgehead atoms. The maximum atomic E-state index is 10.3. The van der Waals surface area contributed by atoms with E-state index in [1.54, 1.807) is 7.11 Å². The largest absolute Gasteiger partial charge is 0.390 e. The van der Waals surface area contributed by atoms with Gasteiger partial charge < -0.3 is 19.6 Å². The van der Waals surface area contributed by atoms with Gasteiger partial charge in [-0.2, -0.15) is 0 Å². The maximum Gasteiger partial charge on any atom is 0.0793 e. The van der Waals surface area contributed by atoms with Crippen LogP contribution in [0.1, 0.15) is 32.6 Å². The van der Waals surface area contributed by atoms with Crippen molar-refractivity contribution in [1.29, 1.82) is 0 Å². The molecule has 2 rings (SSSR count). The fourth-order valence-electron chi connectivity index (χ4n) is 3.47. The fraction of sp³-hybridized carbons (Fsp3) is 1.00. The van der Waals surface area contributed by atoms with Gasteiger partial charge >= 0.3 is 0 Å². The molecule has 1 unspecified atom stereocenters. The van der Waals surface area contributed by atoms with E-state index in [1.807, 2.05) is 0 Å². The van der Waals surface area contributed by atoms with Crippen molar-refractivity contribution >= 4 is 0 Å². The van der Waals surface area contributed by atoms with Crippen LogP contribution in [-0.4, -0.2) is 74.0 Å². The monoisotopic (exact) mass is 284 g/mol. The van der Waals surface area contributed by atoms with Crippen molar-refractivity contribution in [1.82, 2.24) is 9.80 Å². The second-order valence-corrected chi connectivity index (χ2v) is 6.84. The molecule has 0 aromatic heterocycles. The SMILES string of the molecule is COCC1CCN(CC(O)CN2CCC(C)CC2)CC1. The lowest BCUT2D eigenvalue weighted by atomic mass is 9.97. The minimum absolute atomic E-state index is 0.192. The molecule has 2 aliphatic heterocycles. The molecular formula is C16H32N2O2. The summed E-state index contributed by atoms with van der Waals surface area (Å²) in [6, 6.07) is 0. The molecule has 0 amide bonds. The highest BCUT2D eigenvalue weighted by atomic mass is 16.5. The normalized spacial score (nSPS) is 25.9. The van der Waals surface area contributed by atoms with E-state index in [2.05, 4.69) is 16.7 Å².